The number of sulfone groups is 1. The second-order valence-electron chi connectivity index (χ2n) is 7.83. The zero-order valence-electron chi connectivity index (χ0n) is 17.1. The first-order chi connectivity index (χ1) is 15.5. The molecule has 0 radical (unpaired) electrons. The fraction of sp³-hybridized carbons (Fsp3) is 0.350. The summed E-state index contributed by atoms with van der Waals surface area (Å²) in [5, 5.41) is 2.20. The molecule has 0 saturated carbocycles. The lowest BCUT2D eigenvalue weighted by Gasteiger charge is -2.45. The van der Waals surface area contributed by atoms with Crippen molar-refractivity contribution in [2.45, 2.75) is 22.6 Å². The van der Waals surface area contributed by atoms with Crippen molar-refractivity contribution in [1.82, 2.24) is 9.21 Å². The average molecular weight is 536 g/mol. The van der Waals surface area contributed by atoms with Crippen LogP contribution in [0.4, 0.5) is 14.9 Å². The normalized spacial score (nSPS) is 23.1. The fourth-order valence-corrected chi connectivity index (χ4v) is 7.92. The van der Waals surface area contributed by atoms with Crippen LogP contribution in [0, 0.1) is 5.82 Å². The van der Waals surface area contributed by atoms with Gasteiger partial charge in [-0.15, -0.1) is 0 Å². The minimum Gasteiger partial charge on any atom is -0.319 e. The van der Waals surface area contributed by atoms with Gasteiger partial charge in [-0.3, -0.25) is 0 Å². The van der Waals surface area contributed by atoms with Crippen molar-refractivity contribution in [2.75, 3.05) is 30.7 Å². The number of anilines is 1. The standard InChI is InChI=1S/C20H20Cl2FN3O5S2/c21-16-6-3-14(11-17(16)22)24-20(27)26-9-10-32(28,29)19-12-25(8-7-18(19)26)33(30,31)15-4-1-13(23)2-5-15/h1-6,11,18-19H,7-10,12H2,(H,24,27). The predicted molar refractivity (Wildman–Crippen MR) is 123 cm³/mol. The zero-order valence-corrected chi connectivity index (χ0v) is 20.3. The summed E-state index contributed by atoms with van der Waals surface area (Å²) >= 11 is 11.9. The highest BCUT2D eigenvalue weighted by Crippen LogP contribution is 2.31. The number of halogens is 3. The Kier molecular flexibility index (Phi) is 6.62. The van der Waals surface area contributed by atoms with E-state index in [1.165, 1.54) is 17.0 Å². The Labute approximate surface area is 201 Å². The minimum absolute atomic E-state index is 0.0125. The summed E-state index contributed by atoms with van der Waals surface area (Å²) in [6.07, 6.45) is 0.138. The number of sulfonamides is 1. The molecule has 0 bridgehead atoms. The van der Waals surface area contributed by atoms with Crippen LogP contribution >= 0.6 is 23.2 Å². The first-order valence-corrected chi connectivity index (χ1v) is 13.9. The van der Waals surface area contributed by atoms with Gasteiger partial charge in [0.15, 0.2) is 9.84 Å². The average Bonchev–Trinajstić information content (AvgIpc) is 2.76. The lowest BCUT2D eigenvalue weighted by molar-refractivity contribution is 0.155. The van der Waals surface area contributed by atoms with Crippen LogP contribution in [-0.4, -0.2) is 68.8 Å². The molecule has 33 heavy (non-hydrogen) atoms. The summed E-state index contributed by atoms with van der Waals surface area (Å²) in [7, 11) is -7.66. The third kappa shape index (κ3) is 4.83. The van der Waals surface area contributed by atoms with Gasteiger partial charge in [-0.25, -0.2) is 26.0 Å². The first-order valence-electron chi connectivity index (χ1n) is 9.99. The van der Waals surface area contributed by atoms with Crippen molar-refractivity contribution in [1.29, 1.82) is 0 Å². The van der Waals surface area contributed by atoms with Gasteiger partial charge in [0.05, 0.1) is 32.0 Å². The molecular weight excluding hydrogens is 516 g/mol. The first kappa shape index (κ1) is 24.2. The summed E-state index contributed by atoms with van der Waals surface area (Å²) in [5.41, 5.74) is 0.399. The number of amides is 2. The number of urea groups is 1. The molecule has 2 heterocycles. The molecule has 0 spiro atoms. The van der Waals surface area contributed by atoms with Crippen molar-refractivity contribution in [3.8, 4) is 0 Å². The number of carbonyl (C=O) groups excluding carboxylic acids is 1. The second-order valence-corrected chi connectivity index (χ2v) is 12.9. The maximum absolute atomic E-state index is 13.2. The van der Waals surface area contributed by atoms with Crippen LogP contribution in [0.15, 0.2) is 47.4 Å². The van der Waals surface area contributed by atoms with Crippen LogP contribution in [0.1, 0.15) is 6.42 Å². The monoisotopic (exact) mass is 535 g/mol. The molecule has 2 atom stereocenters. The van der Waals surface area contributed by atoms with E-state index in [1.807, 2.05) is 0 Å². The van der Waals surface area contributed by atoms with Crippen molar-refractivity contribution in [3.05, 3.63) is 58.3 Å². The Hall–Kier alpha value is -1.92. The Balaban J connectivity index is 1.55. The van der Waals surface area contributed by atoms with Crippen LogP contribution < -0.4 is 5.32 Å². The molecule has 2 unspecified atom stereocenters. The number of rotatable bonds is 3. The smallest absolute Gasteiger partial charge is 0.319 e. The van der Waals surface area contributed by atoms with E-state index in [1.54, 1.807) is 6.07 Å². The molecule has 4 rings (SSSR count). The number of nitrogens with zero attached hydrogens (tertiary/aromatic N) is 2. The van der Waals surface area contributed by atoms with Gasteiger partial charge in [0, 0.05) is 25.3 Å². The van der Waals surface area contributed by atoms with Gasteiger partial charge in [-0.2, -0.15) is 4.31 Å². The van der Waals surface area contributed by atoms with Gasteiger partial charge in [0.25, 0.3) is 0 Å². The summed E-state index contributed by atoms with van der Waals surface area (Å²) in [4.78, 5) is 14.2. The van der Waals surface area contributed by atoms with Crippen LogP contribution in [0.5, 0.6) is 0 Å². The van der Waals surface area contributed by atoms with E-state index in [2.05, 4.69) is 5.32 Å². The number of fused-ring (bicyclic) bond motifs is 1. The van der Waals surface area contributed by atoms with Gasteiger partial charge in [0.2, 0.25) is 10.0 Å². The summed E-state index contributed by atoms with van der Waals surface area (Å²) in [6.45, 7) is -0.280. The second kappa shape index (κ2) is 9.03. The molecular formula is C20H20Cl2FN3O5S2. The predicted octanol–water partition coefficient (Wildman–Crippen LogP) is 3.23. The molecule has 0 aliphatic carbocycles. The largest absolute Gasteiger partial charge is 0.322 e. The third-order valence-corrected chi connectivity index (χ3v) is 10.6. The van der Waals surface area contributed by atoms with E-state index >= 15 is 0 Å². The quantitative estimate of drug-likeness (QED) is 0.649. The molecule has 2 aromatic rings. The molecule has 8 nitrogen and oxygen atoms in total. The molecule has 1 N–H and O–H groups in total. The minimum atomic E-state index is -4.02. The number of carbonyl (C=O) groups is 1. The van der Waals surface area contributed by atoms with E-state index in [-0.39, 0.29) is 41.7 Å². The molecule has 2 aliphatic rings. The number of nitrogens with one attached hydrogen (secondary N) is 1. The maximum atomic E-state index is 13.2. The number of hydrogen-bond acceptors (Lipinski definition) is 5. The zero-order chi connectivity index (χ0) is 24.0. The van der Waals surface area contributed by atoms with Crippen LogP contribution in [-0.2, 0) is 19.9 Å². The molecule has 2 amide bonds. The van der Waals surface area contributed by atoms with Crippen LogP contribution in [0.25, 0.3) is 0 Å². The van der Waals surface area contributed by atoms with Crippen molar-refractivity contribution < 1.29 is 26.0 Å². The van der Waals surface area contributed by atoms with Gasteiger partial charge < -0.3 is 10.2 Å². The van der Waals surface area contributed by atoms with E-state index in [4.69, 9.17) is 23.2 Å². The highest BCUT2D eigenvalue weighted by Gasteiger charge is 2.48. The fourth-order valence-electron chi connectivity index (χ4n) is 4.12. The lowest BCUT2D eigenvalue weighted by atomic mass is 10.0. The summed E-state index contributed by atoms with van der Waals surface area (Å²) < 4.78 is 65.9. The molecule has 178 valence electrons. The van der Waals surface area contributed by atoms with Gasteiger partial charge in [0.1, 0.15) is 5.82 Å². The van der Waals surface area contributed by atoms with Crippen molar-refractivity contribution in [3.63, 3.8) is 0 Å². The van der Waals surface area contributed by atoms with Gasteiger partial charge in [-0.1, -0.05) is 23.2 Å². The van der Waals surface area contributed by atoms with E-state index in [9.17, 15) is 26.0 Å². The third-order valence-electron chi connectivity index (χ3n) is 5.85. The number of piperidine rings is 1. The van der Waals surface area contributed by atoms with E-state index < -0.39 is 43.0 Å². The number of hydrogen-bond donors (Lipinski definition) is 1. The van der Waals surface area contributed by atoms with Crippen LogP contribution in [0.3, 0.4) is 0 Å². The molecule has 13 heteroatoms. The maximum Gasteiger partial charge on any atom is 0.322 e. The van der Waals surface area contributed by atoms with Crippen LogP contribution in [0.2, 0.25) is 10.0 Å². The Morgan fingerprint density at radius 2 is 1.76 bits per heavy atom. The number of benzene rings is 2. The van der Waals surface area contributed by atoms with Crippen molar-refractivity contribution in [2.24, 2.45) is 0 Å². The molecule has 2 saturated heterocycles. The Bertz CT molecular complexity index is 1290. The highest BCUT2D eigenvalue weighted by atomic mass is 35.5. The lowest BCUT2D eigenvalue weighted by Crippen LogP contribution is -2.64. The molecule has 2 fully saturated rings. The van der Waals surface area contributed by atoms with E-state index in [0.717, 1.165) is 28.6 Å². The SMILES string of the molecule is O=C(Nc1ccc(Cl)c(Cl)c1)N1CCS(=O)(=O)C2CN(S(=O)(=O)c3ccc(F)cc3)CCC21. The molecule has 2 aromatic carbocycles. The van der Waals surface area contributed by atoms with Gasteiger partial charge in [-0.05, 0) is 48.9 Å². The molecule has 0 aromatic heterocycles. The summed E-state index contributed by atoms with van der Waals surface area (Å²) in [5.74, 6) is -0.862. The highest BCUT2D eigenvalue weighted by molar-refractivity contribution is 7.92. The van der Waals surface area contributed by atoms with Crippen molar-refractivity contribution >= 4 is 54.8 Å². The topological polar surface area (TPSA) is 104 Å². The summed E-state index contributed by atoms with van der Waals surface area (Å²) in [6, 6.07) is 7.74. The Morgan fingerprint density at radius 1 is 1.06 bits per heavy atom. The van der Waals surface area contributed by atoms with Gasteiger partial charge >= 0.3 is 6.03 Å². The van der Waals surface area contributed by atoms with E-state index in [0.29, 0.717) is 10.7 Å². The Morgan fingerprint density at radius 3 is 2.42 bits per heavy atom. The molecule has 2 aliphatic heterocycles.